The van der Waals surface area contributed by atoms with Crippen LogP contribution in [0.4, 0.5) is 17.1 Å². The van der Waals surface area contributed by atoms with Crippen LogP contribution in [0.3, 0.4) is 0 Å². The number of nitrogens with zero attached hydrogens (tertiary/aromatic N) is 3. The highest BCUT2D eigenvalue weighted by Crippen LogP contribution is 2.30. The number of rotatable bonds is 8. The summed E-state index contributed by atoms with van der Waals surface area (Å²) >= 11 is 0. The molecule has 4 rings (SSSR count). The van der Waals surface area contributed by atoms with E-state index in [1.807, 2.05) is 66.1 Å². The lowest BCUT2D eigenvalue weighted by Crippen LogP contribution is -2.49. The molecule has 0 bridgehead atoms. The first-order valence-corrected chi connectivity index (χ1v) is 12.1. The van der Waals surface area contributed by atoms with Gasteiger partial charge < -0.3 is 15.5 Å². The molecule has 9 nitrogen and oxygen atoms in total. The third-order valence-corrected chi connectivity index (χ3v) is 6.23. The van der Waals surface area contributed by atoms with Crippen LogP contribution in [0, 0.1) is 16.0 Å². The first-order chi connectivity index (χ1) is 17.3. The summed E-state index contributed by atoms with van der Waals surface area (Å²) in [5, 5.41) is 19.7. The van der Waals surface area contributed by atoms with E-state index in [1.54, 1.807) is 12.1 Å². The summed E-state index contributed by atoms with van der Waals surface area (Å²) in [6.07, 6.45) is 0. The van der Waals surface area contributed by atoms with Gasteiger partial charge in [-0.15, -0.1) is 0 Å². The standard InChI is InChI=1S/C27H31N5O4/c1-19(2)17-28-26(33)18-30-11-13-31(14-12-30)24-10-8-22(16-25(24)32(35)36)27(34)29-23-9-7-20-5-3-4-6-21(20)15-23/h3-10,15-16,19H,11-14,17-18H2,1-2H3,(H,28,33)(H,29,34). The predicted octanol–water partition coefficient (Wildman–Crippen LogP) is 3.89. The van der Waals surface area contributed by atoms with Gasteiger partial charge in [0.15, 0.2) is 0 Å². The smallest absolute Gasteiger partial charge is 0.293 e. The summed E-state index contributed by atoms with van der Waals surface area (Å²) in [5.74, 6) is -0.0222. The third-order valence-electron chi connectivity index (χ3n) is 6.23. The maximum atomic E-state index is 12.9. The number of fused-ring (bicyclic) bond motifs is 1. The third kappa shape index (κ3) is 6.17. The van der Waals surface area contributed by atoms with Crippen molar-refractivity contribution in [3.63, 3.8) is 0 Å². The van der Waals surface area contributed by atoms with Crippen LogP contribution in [-0.2, 0) is 4.79 Å². The van der Waals surface area contributed by atoms with Crippen LogP contribution < -0.4 is 15.5 Å². The second kappa shape index (κ2) is 11.2. The van der Waals surface area contributed by atoms with Crippen molar-refractivity contribution in [3.05, 3.63) is 76.3 Å². The Morgan fingerprint density at radius 3 is 2.39 bits per heavy atom. The molecule has 36 heavy (non-hydrogen) atoms. The monoisotopic (exact) mass is 489 g/mol. The van der Waals surface area contributed by atoms with E-state index in [1.165, 1.54) is 6.07 Å². The van der Waals surface area contributed by atoms with Crippen molar-refractivity contribution in [2.75, 3.05) is 49.5 Å². The molecule has 3 aromatic rings. The van der Waals surface area contributed by atoms with Crippen LogP contribution in [0.25, 0.3) is 10.8 Å². The molecule has 1 saturated heterocycles. The number of nitro groups is 1. The SMILES string of the molecule is CC(C)CNC(=O)CN1CCN(c2ccc(C(=O)Nc3ccc4ccccc4c3)cc2[N+](=O)[O-])CC1. The van der Waals surface area contributed by atoms with Gasteiger partial charge in [0, 0.05) is 50.0 Å². The van der Waals surface area contributed by atoms with Crippen LogP contribution >= 0.6 is 0 Å². The van der Waals surface area contributed by atoms with Crippen LogP contribution in [0.15, 0.2) is 60.7 Å². The fourth-order valence-electron chi connectivity index (χ4n) is 4.27. The number of anilines is 2. The maximum Gasteiger partial charge on any atom is 0.293 e. The topological polar surface area (TPSA) is 108 Å². The first-order valence-electron chi connectivity index (χ1n) is 12.1. The zero-order valence-corrected chi connectivity index (χ0v) is 20.6. The van der Waals surface area contributed by atoms with E-state index in [9.17, 15) is 19.7 Å². The molecule has 1 aliphatic heterocycles. The van der Waals surface area contributed by atoms with E-state index in [0.717, 1.165) is 10.8 Å². The number of amides is 2. The van der Waals surface area contributed by atoms with Crippen LogP contribution in [0.5, 0.6) is 0 Å². The highest BCUT2D eigenvalue weighted by atomic mass is 16.6. The van der Waals surface area contributed by atoms with E-state index < -0.39 is 10.8 Å². The van der Waals surface area contributed by atoms with Crippen molar-refractivity contribution in [2.45, 2.75) is 13.8 Å². The lowest BCUT2D eigenvalue weighted by Gasteiger charge is -2.35. The van der Waals surface area contributed by atoms with Crippen LogP contribution in [-0.4, -0.2) is 60.9 Å². The number of benzene rings is 3. The molecular weight excluding hydrogens is 458 g/mol. The molecule has 1 aliphatic rings. The molecule has 1 heterocycles. The van der Waals surface area contributed by atoms with Gasteiger partial charge in [-0.2, -0.15) is 0 Å². The van der Waals surface area contributed by atoms with Gasteiger partial charge in [0.25, 0.3) is 11.6 Å². The van der Waals surface area contributed by atoms with E-state index in [4.69, 9.17) is 0 Å². The number of piperazine rings is 1. The molecule has 0 spiro atoms. The Morgan fingerprint density at radius 1 is 0.972 bits per heavy atom. The Bertz CT molecular complexity index is 1270. The Kier molecular flexibility index (Phi) is 7.80. The van der Waals surface area contributed by atoms with Gasteiger partial charge in [0.05, 0.1) is 11.5 Å². The molecule has 0 radical (unpaired) electrons. The number of carbonyl (C=O) groups excluding carboxylic acids is 2. The maximum absolute atomic E-state index is 12.9. The molecule has 0 atom stereocenters. The van der Waals surface area contributed by atoms with Gasteiger partial charge >= 0.3 is 0 Å². The largest absolute Gasteiger partial charge is 0.363 e. The summed E-state index contributed by atoms with van der Waals surface area (Å²) in [5.41, 5.74) is 1.22. The van der Waals surface area contributed by atoms with E-state index in [2.05, 4.69) is 10.6 Å². The van der Waals surface area contributed by atoms with Crippen molar-refractivity contribution >= 4 is 39.6 Å². The second-order valence-electron chi connectivity index (χ2n) is 9.44. The zero-order chi connectivity index (χ0) is 25.7. The van der Waals surface area contributed by atoms with E-state index >= 15 is 0 Å². The van der Waals surface area contributed by atoms with Crippen molar-refractivity contribution in [3.8, 4) is 0 Å². The van der Waals surface area contributed by atoms with Gasteiger partial charge in [0.1, 0.15) is 5.69 Å². The number of hydrogen-bond donors (Lipinski definition) is 2. The van der Waals surface area contributed by atoms with E-state index in [0.29, 0.717) is 56.6 Å². The molecule has 188 valence electrons. The second-order valence-corrected chi connectivity index (χ2v) is 9.44. The molecule has 0 aromatic heterocycles. The summed E-state index contributed by atoms with van der Waals surface area (Å²) in [7, 11) is 0. The summed E-state index contributed by atoms with van der Waals surface area (Å²) in [6, 6.07) is 18.0. The quantitative estimate of drug-likeness (QED) is 0.367. The average molecular weight is 490 g/mol. The molecule has 2 N–H and O–H groups in total. The minimum absolute atomic E-state index is 0.00934. The Labute approximate surface area is 210 Å². The van der Waals surface area contributed by atoms with Crippen molar-refractivity contribution < 1.29 is 14.5 Å². The van der Waals surface area contributed by atoms with Crippen LogP contribution in [0.1, 0.15) is 24.2 Å². The number of nitro benzene ring substituents is 1. The van der Waals surface area contributed by atoms with Gasteiger partial charge in [-0.1, -0.05) is 44.2 Å². The molecular formula is C27H31N5O4. The molecule has 9 heteroatoms. The van der Waals surface area contributed by atoms with Gasteiger partial charge in [-0.05, 0) is 41.0 Å². The molecule has 1 fully saturated rings. The average Bonchev–Trinajstić information content (AvgIpc) is 2.87. The summed E-state index contributed by atoms with van der Waals surface area (Å²) < 4.78 is 0. The highest BCUT2D eigenvalue weighted by molar-refractivity contribution is 6.06. The number of carbonyl (C=O) groups is 2. The minimum Gasteiger partial charge on any atom is -0.363 e. The Morgan fingerprint density at radius 2 is 1.69 bits per heavy atom. The number of nitrogens with one attached hydrogen (secondary N) is 2. The van der Waals surface area contributed by atoms with Crippen molar-refractivity contribution in [1.29, 1.82) is 0 Å². The van der Waals surface area contributed by atoms with Crippen molar-refractivity contribution in [1.82, 2.24) is 10.2 Å². The number of hydrogen-bond acceptors (Lipinski definition) is 6. The molecule has 2 amide bonds. The molecule has 0 unspecified atom stereocenters. The fraction of sp³-hybridized carbons (Fsp3) is 0.333. The zero-order valence-electron chi connectivity index (χ0n) is 20.6. The normalized spacial score (nSPS) is 14.1. The van der Waals surface area contributed by atoms with Gasteiger partial charge in [-0.3, -0.25) is 24.6 Å². The van der Waals surface area contributed by atoms with E-state index in [-0.39, 0.29) is 17.2 Å². The van der Waals surface area contributed by atoms with Gasteiger partial charge in [-0.25, -0.2) is 0 Å². The van der Waals surface area contributed by atoms with Crippen molar-refractivity contribution in [2.24, 2.45) is 5.92 Å². The molecule has 3 aromatic carbocycles. The summed E-state index contributed by atoms with van der Waals surface area (Å²) in [6.45, 7) is 7.41. The molecule has 0 saturated carbocycles. The highest BCUT2D eigenvalue weighted by Gasteiger charge is 2.26. The minimum atomic E-state index is -0.451. The Balaban J connectivity index is 1.41. The lowest BCUT2D eigenvalue weighted by molar-refractivity contribution is -0.384. The fourth-order valence-corrected chi connectivity index (χ4v) is 4.27. The van der Waals surface area contributed by atoms with Gasteiger partial charge in [0.2, 0.25) is 5.91 Å². The Hall–Kier alpha value is -3.98. The lowest BCUT2D eigenvalue weighted by atomic mass is 10.1. The predicted molar refractivity (Wildman–Crippen MR) is 141 cm³/mol. The first kappa shape index (κ1) is 25.1. The summed E-state index contributed by atoms with van der Waals surface area (Å²) in [4.78, 5) is 40.4. The molecule has 0 aliphatic carbocycles. The van der Waals surface area contributed by atoms with Crippen LogP contribution in [0.2, 0.25) is 0 Å².